The summed E-state index contributed by atoms with van der Waals surface area (Å²) in [4.78, 5) is 11.8. The van der Waals surface area contributed by atoms with Crippen molar-refractivity contribution in [3.05, 3.63) is 71.2 Å². The summed E-state index contributed by atoms with van der Waals surface area (Å²) in [6.07, 6.45) is 2.03. The molecule has 0 radical (unpaired) electrons. The fourth-order valence-corrected chi connectivity index (χ4v) is 2.80. The predicted octanol–water partition coefficient (Wildman–Crippen LogP) is 3.95. The minimum Gasteiger partial charge on any atom is -0.423 e. The first-order valence-electron chi connectivity index (χ1n) is 6.81. The van der Waals surface area contributed by atoms with Crippen LogP contribution in [-0.4, -0.2) is 4.57 Å². The van der Waals surface area contributed by atoms with E-state index in [9.17, 15) is 4.79 Å². The molecule has 2 aromatic carbocycles. The van der Waals surface area contributed by atoms with Gasteiger partial charge in [0.05, 0.1) is 0 Å². The van der Waals surface area contributed by atoms with Gasteiger partial charge in [0.1, 0.15) is 5.58 Å². The molecule has 21 heavy (non-hydrogen) atoms. The van der Waals surface area contributed by atoms with Crippen molar-refractivity contribution in [2.45, 2.75) is 0 Å². The summed E-state index contributed by atoms with van der Waals surface area (Å²) in [6.45, 7) is 0. The van der Waals surface area contributed by atoms with Crippen molar-refractivity contribution in [2.24, 2.45) is 7.05 Å². The maximum atomic E-state index is 11.8. The molecule has 0 N–H and O–H groups in total. The van der Waals surface area contributed by atoms with E-state index in [1.165, 1.54) is 5.52 Å². The third-order valence-corrected chi connectivity index (χ3v) is 3.85. The minimum atomic E-state index is -0.322. The van der Waals surface area contributed by atoms with Crippen LogP contribution in [0.1, 0.15) is 0 Å². The molecule has 0 unspecified atom stereocenters. The molecule has 0 amide bonds. The molecular weight excluding hydrogens is 262 g/mol. The van der Waals surface area contributed by atoms with Gasteiger partial charge in [0.2, 0.25) is 0 Å². The van der Waals surface area contributed by atoms with Crippen LogP contribution in [0.15, 0.2) is 70.0 Å². The van der Waals surface area contributed by atoms with Gasteiger partial charge in [0.15, 0.2) is 0 Å². The van der Waals surface area contributed by atoms with Crippen LogP contribution < -0.4 is 5.63 Å². The van der Waals surface area contributed by atoms with E-state index in [0.29, 0.717) is 5.58 Å². The molecule has 3 heteroatoms. The van der Waals surface area contributed by atoms with Crippen LogP contribution in [0.4, 0.5) is 0 Å². The molecule has 4 rings (SSSR count). The number of benzene rings is 2. The standard InChI is InChI=1S/C18H13NO2/c1-19-9-8-13-10-12(6-7-16(13)19)15-11-18(20)21-17-5-3-2-4-14(15)17/h2-11H,1H3. The zero-order valence-corrected chi connectivity index (χ0v) is 11.5. The van der Waals surface area contributed by atoms with Crippen LogP contribution in [0.2, 0.25) is 0 Å². The first kappa shape index (κ1) is 12.0. The zero-order chi connectivity index (χ0) is 14.4. The monoisotopic (exact) mass is 275 g/mol. The number of nitrogens with zero attached hydrogens (tertiary/aromatic N) is 1. The van der Waals surface area contributed by atoms with Crippen molar-refractivity contribution in [1.82, 2.24) is 4.57 Å². The number of hydrogen-bond donors (Lipinski definition) is 0. The van der Waals surface area contributed by atoms with Crippen molar-refractivity contribution < 1.29 is 4.42 Å². The van der Waals surface area contributed by atoms with E-state index in [-0.39, 0.29) is 5.63 Å². The Hall–Kier alpha value is -2.81. The van der Waals surface area contributed by atoms with E-state index >= 15 is 0 Å². The van der Waals surface area contributed by atoms with Crippen molar-refractivity contribution in [3.63, 3.8) is 0 Å². The highest BCUT2D eigenvalue weighted by molar-refractivity contribution is 5.96. The summed E-state index contributed by atoms with van der Waals surface area (Å²) in [5, 5.41) is 2.11. The molecule has 0 spiro atoms. The lowest BCUT2D eigenvalue weighted by Crippen LogP contribution is -1.97. The summed E-state index contributed by atoms with van der Waals surface area (Å²) in [5.41, 5.74) is 3.40. The van der Waals surface area contributed by atoms with Crippen molar-refractivity contribution in [2.75, 3.05) is 0 Å². The summed E-state index contributed by atoms with van der Waals surface area (Å²) in [5.74, 6) is 0. The molecule has 0 bridgehead atoms. The second-order valence-electron chi connectivity index (χ2n) is 5.18. The smallest absolute Gasteiger partial charge is 0.336 e. The van der Waals surface area contributed by atoms with Crippen molar-refractivity contribution in [3.8, 4) is 11.1 Å². The molecule has 2 heterocycles. The van der Waals surface area contributed by atoms with Gasteiger partial charge < -0.3 is 8.98 Å². The number of aromatic nitrogens is 1. The summed E-state index contributed by atoms with van der Waals surface area (Å²) < 4.78 is 7.34. The first-order valence-corrected chi connectivity index (χ1v) is 6.81. The number of aryl methyl sites for hydroxylation is 1. The van der Waals surface area contributed by atoms with E-state index in [1.54, 1.807) is 6.07 Å². The number of rotatable bonds is 1. The molecule has 3 nitrogen and oxygen atoms in total. The van der Waals surface area contributed by atoms with Crippen LogP contribution in [0.3, 0.4) is 0 Å². The Bertz CT molecular complexity index is 1020. The SMILES string of the molecule is Cn1ccc2cc(-c3cc(=O)oc4ccccc34)ccc21. The van der Waals surface area contributed by atoms with Gasteiger partial charge >= 0.3 is 5.63 Å². The van der Waals surface area contributed by atoms with E-state index < -0.39 is 0 Å². The van der Waals surface area contributed by atoms with Crippen LogP contribution in [0.25, 0.3) is 33.0 Å². The normalized spacial score (nSPS) is 11.3. The highest BCUT2D eigenvalue weighted by Gasteiger charge is 2.08. The average Bonchev–Trinajstić information content (AvgIpc) is 2.87. The topological polar surface area (TPSA) is 35.1 Å². The second kappa shape index (κ2) is 4.35. The van der Waals surface area contributed by atoms with Crippen LogP contribution in [0, 0.1) is 0 Å². The van der Waals surface area contributed by atoms with Crippen LogP contribution in [0.5, 0.6) is 0 Å². The molecular formula is C18H13NO2. The Morgan fingerprint density at radius 1 is 1.00 bits per heavy atom. The lowest BCUT2D eigenvalue weighted by atomic mass is 10.0. The van der Waals surface area contributed by atoms with Gasteiger partial charge in [-0.3, -0.25) is 0 Å². The van der Waals surface area contributed by atoms with Crippen molar-refractivity contribution in [1.29, 1.82) is 0 Å². The third kappa shape index (κ3) is 1.86. The molecule has 4 aromatic rings. The predicted molar refractivity (Wildman–Crippen MR) is 84.4 cm³/mol. The highest BCUT2D eigenvalue weighted by atomic mass is 16.4. The fourth-order valence-electron chi connectivity index (χ4n) is 2.80. The van der Waals surface area contributed by atoms with Gasteiger partial charge in [0, 0.05) is 35.6 Å². The molecule has 0 saturated carbocycles. The maximum absolute atomic E-state index is 11.8. The Kier molecular flexibility index (Phi) is 2.48. The molecule has 0 saturated heterocycles. The maximum Gasteiger partial charge on any atom is 0.336 e. The molecule has 2 aromatic heterocycles. The fraction of sp³-hybridized carbons (Fsp3) is 0.0556. The summed E-state index contributed by atoms with van der Waals surface area (Å²) >= 11 is 0. The van der Waals surface area contributed by atoms with E-state index in [0.717, 1.165) is 21.9 Å². The van der Waals surface area contributed by atoms with Crippen LogP contribution in [-0.2, 0) is 7.05 Å². The number of para-hydroxylation sites is 1. The van der Waals surface area contributed by atoms with E-state index in [4.69, 9.17) is 4.42 Å². The number of fused-ring (bicyclic) bond motifs is 2. The first-order chi connectivity index (χ1) is 10.2. The van der Waals surface area contributed by atoms with Gasteiger partial charge in [-0.25, -0.2) is 4.79 Å². The Morgan fingerprint density at radius 3 is 2.76 bits per heavy atom. The van der Waals surface area contributed by atoms with Gasteiger partial charge in [-0.2, -0.15) is 0 Å². The molecule has 0 aliphatic carbocycles. The van der Waals surface area contributed by atoms with Gasteiger partial charge in [-0.05, 0) is 35.4 Å². The minimum absolute atomic E-state index is 0.322. The van der Waals surface area contributed by atoms with E-state index in [1.807, 2.05) is 43.6 Å². The zero-order valence-electron chi connectivity index (χ0n) is 11.5. The van der Waals surface area contributed by atoms with E-state index in [2.05, 4.69) is 22.8 Å². The molecule has 0 fully saturated rings. The quantitative estimate of drug-likeness (QED) is 0.493. The van der Waals surface area contributed by atoms with Crippen molar-refractivity contribution >= 4 is 21.9 Å². The number of hydrogen-bond acceptors (Lipinski definition) is 2. The molecule has 102 valence electrons. The molecule has 0 aliphatic heterocycles. The van der Waals surface area contributed by atoms with Crippen LogP contribution >= 0.6 is 0 Å². The van der Waals surface area contributed by atoms with Gasteiger partial charge in [-0.15, -0.1) is 0 Å². The summed E-state index contributed by atoms with van der Waals surface area (Å²) in [7, 11) is 2.02. The average molecular weight is 275 g/mol. The summed E-state index contributed by atoms with van der Waals surface area (Å²) in [6, 6.07) is 17.5. The Balaban J connectivity index is 2.05. The van der Waals surface area contributed by atoms with Gasteiger partial charge in [-0.1, -0.05) is 24.3 Å². The lowest BCUT2D eigenvalue weighted by Gasteiger charge is -2.06. The Morgan fingerprint density at radius 2 is 1.86 bits per heavy atom. The second-order valence-corrected chi connectivity index (χ2v) is 5.18. The van der Waals surface area contributed by atoms with Gasteiger partial charge in [0.25, 0.3) is 0 Å². The Labute approximate surface area is 121 Å². The molecule has 0 atom stereocenters. The largest absolute Gasteiger partial charge is 0.423 e. The third-order valence-electron chi connectivity index (χ3n) is 3.85. The molecule has 0 aliphatic rings. The lowest BCUT2D eigenvalue weighted by molar-refractivity contribution is 0.561. The highest BCUT2D eigenvalue weighted by Crippen LogP contribution is 2.29.